The quantitative estimate of drug-likeness (QED) is 0.427. The van der Waals surface area contributed by atoms with Gasteiger partial charge in [0.05, 0.1) is 41.0 Å². The van der Waals surface area contributed by atoms with Crippen molar-refractivity contribution >= 4 is 29.3 Å². The number of nitrogens with one attached hydrogen (secondary N) is 1. The van der Waals surface area contributed by atoms with E-state index in [4.69, 9.17) is 5.73 Å². The molecule has 182 valence electrons. The van der Waals surface area contributed by atoms with Gasteiger partial charge in [0.1, 0.15) is 0 Å². The normalized spacial score (nSPS) is 14.4. The van der Waals surface area contributed by atoms with E-state index >= 15 is 0 Å². The fourth-order valence-corrected chi connectivity index (χ4v) is 4.38. The Hall–Kier alpha value is -3.49. The van der Waals surface area contributed by atoms with Gasteiger partial charge < -0.3 is 15.8 Å². The Morgan fingerprint density at radius 1 is 1.15 bits per heavy atom. The number of nitrogens with zero attached hydrogens (tertiary/aromatic N) is 2. The number of carbonyl (C=O) groups is 4. The summed E-state index contributed by atoms with van der Waals surface area (Å²) in [7, 11) is 1.35. The summed E-state index contributed by atoms with van der Waals surface area (Å²) in [6.07, 6.45) is 3.64. The van der Waals surface area contributed by atoms with Crippen LogP contribution in [0, 0.1) is 12.3 Å². The molecule has 1 heterocycles. The van der Waals surface area contributed by atoms with E-state index in [0.717, 1.165) is 5.69 Å². The van der Waals surface area contributed by atoms with Crippen molar-refractivity contribution in [3.63, 3.8) is 0 Å². The molecule has 34 heavy (non-hydrogen) atoms. The summed E-state index contributed by atoms with van der Waals surface area (Å²) in [5.74, 6) is -1.11. The fraction of sp³-hybridized carbons (Fsp3) is 0.480. The first-order chi connectivity index (χ1) is 16.0. The second kappa shape index (κ2) is 10.2. The lowest BCUT2D eigenvalue weighted by Gasteiger charge is -2.29. The molecule has 9 nitrogen and oxygen atoms in total. The Morgan fingerprint density at radius 3 is 2.53 bits per heavy atom. The molecule has 0 unspecified atom stereocenters. The molecule has 0 bridgehead atoms. The van der Waals surface area contributed by atoms with E-state index in [9.17, 15) is 19.2 Å². The molecule has 0 saturated carbocycles. The van der Waals surface area contributed by atoms with Gasteiger partial charge >= 0.3 is 5.97 Å². The maximum atomic E-state index is 12.7. The molecular weight excluding hydrogens is 436 g/mol. The van der Waals surface area contributed by atoms with Crippen LogP contribution >= 0.6 is 0 Å². The number of amides is 2. The van der Waals surface area contributed by atoms with Crippen LogP contribution in [0.3, 0.4) is 0 Å². The Labute approximate surface area is 199 Å². The van der Waals surface area contributed by atoms with Crippen LogP contribution < -0.4 is 11.1 Å². The molecular formula is C25H32N4O5. The maximum absolute atomic E-state index is 12.7. The number of ketones is 1. The number of aromatic nitrogens is 2. The Kier molecular flexibility index (Phi) is 7.54. The monoisotopic (exact) mass is 468 g/mol. The molecule has 0 fully saturated rings. The topological polar surface area (TPSA) is 133 Å². The number of fused-ring (bicyclic) bond motifs is 1. The summed E-state index contributed by atoms with van der Waals surface area (Å²) in [6, 6.07) is 4.93. The van der Waals surface area contributed by atoms with E-state index in [1.807, 2.05) is 20.8 Å². The van der Waals surface area contributed by atoms with Gasteiger partial charge in [0.25, 0.3) is 5.91 Å². The van der Waals surface area contributed by atoms with Crippen LogP contribution in [0.2, 0.25) is 0 Å². The second-order valence-electron chi connectivity index (χ2n) is 9.54. The molecule has 2 aromatic rings. The van der Waals surface area contributed by atoms with E-state index in [1.54, 1.807) is 22.9 Å². The number of primary amides is 1. The molecule has 0 saturated heterocycles. The van der Waals surface area contributed by atoms with E-state index in [1.165, 1.54) is 7.11 Å². The van der Waals surface area contributed by atoms with Gasteiger partial charge in [0.2, 0.25) is 5.91 Å². The van der Waals surface area contributed by atoms with Gasteiger partial charge in [0, 0.05) is 19.3 Å². The van der Waals surface area contributed by atoms with Gasteiger partial charge in [0.15, 0.2) is 5.78 Å². The zero-order chi connectivity index (χ0) is 25.0. The van der Waals surface area contributed by atoms with Crippen LogP contribution in [0.25, 0.3) is 5.69 Å². The average Bonchev–Trinajstić information content (AvgIpc) is 3.08. The highest BCUT2D eigenvalue weighted by Crippen LogP contribution is 2.37. The molecule has 3 rings (SSSR count). The number of aryl methyl sites for hydroxylation is 1. The van der Waals surface area contributed by atoms with Crippen LogP contribution in [0.15, 0.2) is 18.2 Å². The summed E-state index contributed by atoms with van der Waals surface area (Å²) < 4.78 is 6.32. The van der Waals surface area contributed by atoms with Crippen molar-refractivity contribution in [3.8, 4) is 5.69 Å². The van der Waals surface area contributed by atoms with Gasteiger partial charge in [-0.3, -0.25) is 19.2 Å². The number of hydrogen-bond acceptors (Lipinski definition) is 6. The second-order valence-corrected chi connectivity index (χ2v) is 9.54. The lowest BCUT2D eigenvalue weighted by atomic mass is 9.75. The van der Waals surface area contributed by atoms with Crippen LogP contribution in [0.1, 0.15) is 84.5 Å². The largest absolute Gasteiger partial charge is 0.469 e. The summed E-state index contributed by atoms with van der Waals surface area (Å²) in [5, 5.41) is 7.38. The minimum absolute atomic E-state index is 0.0736. The zero-order valence-electron chi connectivity index (χ0n) is 20.2. The van der Waals surface area contributed by atoms with Gasteiger partial charge in [-0.2, -0.15) is 5.10 Å². The van der Waals surface area contributed by atoms with Crippen molar-refractivity contribution in [1.29, 1.82) is 0 Å². The maximum Gasteiger partial charge on any atom is 0.305 e. The number of carbonyl (C=O) groups excluding carboxylic acids is 4. The molecule has 1 aromatic heterocycles. The van der Waals surface area contributed by atoms with Gasteiger partial charge in [-0.05, 0) is 49.8 Å². The highest BCUT2D eigenvalue weighted by atomic mass is 16.5. The minimum Gasteiger partial charge on any atom is -0.469 e. The number of ether oxygens (including phenoxy) is 1. The first-order valence-corrected chi connectivity index (χ1v) is 11.4. The Morgan fingerprint density at radius 2 is 1.85 bits per heavy atom. The predicted molar refractivity (Wildman–Crippen MR) is 127 cm³/mol. The Bertz CT molecular complexity index is 1130. The van der Waals surface area contributed by atoms with E-state index < -0.39 is 5.91 Å². The third-order valence-electron chi connectivity index (χ3n) is 6.02. The van der Waals surface area contributed by atoms with E-state index in [-0.39, 0.29) is 35.1 Å². The third-order valence-corrected chi connectivity index (χ3v) is 6.02. The summed E-state index contributed by atoms with van der Waals surface area (Å²) in [6.45, 7) is 5.91. The van der Waals surface area contributed by atoms with Crippen molar-refractivity contribution in [1.82, 2.24) is 9.78 Å². The predicted octanol–water partition coefficient (Wildman–Crippen LogP) is 3.50. The van der Waals surface area contributed by atoms with E-state index in [2.05, 4.69) is 15.2 Å². The number of hydrogen-bond donors (Lipinski definition) is 2. The number of benzene rings is 1. The molecule has 0 atom stereocenters. The first-order valence-electron chi connectivity index (χ1n) is 11.4. The van der Waals surface area contributed by atoms with Crippen molar-refractivity contribution < 1.29 is 23.9 Å². The summed E-state index contributed by atoms with van der Waals surface area (Å²) in [4.78, 5) is 48.4. The highest BCUT2D eigenvalue weighted by Gasteiger charge is 2.35. The molecule has 1 aromatic carbocycles. The number of esters is 1. The zero-order valence-corrected chi connectivity index (χ0v) is 20.2. The van der Waals surface area contributed by atoms with Gasteiger partial charge in [-0.1, -0.05) is 20.3 Å². The molecule has 0 aliphatic heterocycles. The summed E-state index contributed by atoms with van der Waals surface area (Å²) >= 11 is 0. The Balaban J connectivity index is 1.81. The van der Waals surface area contributed by atoms with E-state index in [0.29, 0.717) is 61.2 Å². The number of rotatable bonds is 9. The number of unbranched alkanes of at least 4 members (excludes halogenated alkanes) is 2. The lowest BCUT2D eigenvalue weighted by molar-refractivity contribution is -0.140. The molecule has 1 aliphatic rings. The van der Waals surface area contributed by atoms with Crippen molar-refractivity contribution in [3.05, 3.63) is 40.7 Å². The number of methoxy groups -OCH3 is 1. The van der Waals surface area contributed by atoms with Crippen molar-refractivity contribution in [2.24, 2.45) is 11.1 Å². The van der Waals surface area contributed by atoms with Crippen LogP contribution in [0.4, 0.5) is 5.69 Å². The smallest absolute Gasteiger partial charge is 0.305 e. The van der Waals surface area contributed by atoms with Gasteiger partial charge in [-0.25, -0.2) is 4.68 Å². The number of nitrogens with two attached hydrogens (primary N) is 1. The molecule has 0 spiro atoms. The molecule has 3 N–H and O–H groups in total. The first kappa shape index (κ1) is 25.1. The van der Waals surface area contributed by atoms with Crippen LogP contribution in [-0.2, 0) is 20.7 Å². The molecule has 1 aliphatic carbocycles. The van der Waals surface area contributed by atoms with Crippen molar-refractivity contribution in [2.75, 3.05) is 12.4 Å². The SMILES string of the molecule is COC(=O)CCCCCC(=O)Nc1cc(-n2nc(C)c3c2CC(C)(C)CC3=O)ccc1C(N)=O. The average molecular weight is 469 g/mol. The fourth-order valence-electron chi connectivity index (χ4n) is 4.38. The highest BCUT2D eigenvalue weighted by molar-refractivity contribution is 6.03. The number of Topliss-reactive ketones (excluding diaryl/α,β-unsaturated/α-hetero) is 1. The van der Waals surface area contributed by atoms with Crippen LogP contribution in [0.5, 0.6) is 0 Å². The standard InChI is InChI=1S/C25H32N4O5/c1-15-23-19(13-25(2,3)14-20(23)30)29(28-15)16-10-11-17(24(26)33)18(12-16)27-21(31)8-6-5-7-9-22(32)34-4/h10-12H,5-9,13-14H2,1-4H3,(H2,26,33)(H,27,31). The summed E-state index contributed by atoms with van der Waals surface area (Å²) in [5.41, 5.74) is 8.60. The van der Waals surface area contributed by atoms with Crippen LogP contribution in [-0.4, -0.2) is 40.5 Å². The van der Waals surface area contributed by atoms with Crippen molar-refractivity contribution in [2.45, 2.75) is 65.7 Å². The lowest BCUT2D eigenvalue weighted by Crippen LogP contribution is -2.28. The third kappa shape index (κ3) is 5.70. The molecule has 9 heteroatoms. The minimum atomic E-state index is -0.657. The molecule has 2 amide bonds. The van der Waals surface area contributed by atoms with Gasteiger partial charge in [-0.15, -0.1) is 0 Å². The molecule has 0 radical (unpaired) electrons. The number of anilines is 1.